The molecule has 1 heterocycles. The van der Waals surface area contributed by atoms with Gasteiger partial charge in [0.2, 0.25) is 5.91 Å². The Morgan fingerprint density at radius 1 is 1.00 bits per heavy atom. The number of rotatable bonds is 8. The van der Waals surface area contributed by atoms with E-state index in [9.17, 15) is 4.79 Å². The van der Waals surface area contributed by atoms with Crippen molar-refractivity contribution in [2.24, 2.45) is 0 Å². The molecule has 4 aromatic rings. The summed E-state index contributed by atoms with van der Waals surface area (Å²) >= 11 is 0. The minimum Gasteiger partial charge on any atom is -0.361 e. The highest BCUT2D eigenvalue weighted by atomic mass is 16.1. The third-order valence-corrected chi connectivity index (χ3v) is 6.00. The fourth-order valence-electron chi connectivity index (χ4n) is 4.36. The van der Waals surface area contributed by atoms with Crippen molar-refractivity contribution < 1.29 is 4.79 Å². The van der Waals surface area contributed by atoms with Gasteiger partial charge in [0.15, 0.2) is 0 Å². The van der Waals surface area contributed by atoms with Crippen molar-refractivity contribution in [3.63, 3.8) is 0 Å². The van der Waals surface area contributed by atoms with E-state index in [1.807, 2.05) is 18.2 Å². The monoisotopic (exact) mass is 410 g/mol. The Bertz CT molecular complexity index is 1160. The molecule has 0 radical (unpaired) electrons. The van der Waals surface area contributed by atoms with Crippen LogP contribution >= 0.6 is 0 Å². The molecule has 0 aliphatic rings. The molecule has 0 saturated carbocycles. The number of aromatic amines is 1. The van der Waals surface area contributed by atoms with Gasteiger partial charge >= 0.3 is 0 Å². The van der Waals surface area contributed by atoms with Gasteiger partial charge in [-0.05, 0) is 42.0 Å². The van der Waals surface area contributed by atoms with Crippen LogP contribution in [-0.4, -0.2) is 17.4 Å². The third kappa shape index (κ3) is 4.88. The van der Waals surface area contributed by atoms with Crippen LogP contribution in [0.5, 0.6) is 0 Å². The van der Waals surface area contributed by atoms with E-state index in [2.05, 4.69) is 84.9 Å². The Labute approximate surface area is 184 Å². The van der Waals surface area contributed by atoms with Crippen molar-refractivity contribution in [3.05, 3.63) is 107 Å². The van der Waals surface area contributed by atoms with Crippen LogP contribution < -0.4 is 5.32 Å². The number of hydrogen-bond donors (Lipinski definition) is 2. The molecule has 3 heteroatoms. The van der Waals surface area contributed by atoms with Crippen molar-refractivity contribution in [3.8, 4) is 0 Å². The van der Waals surface area contributed by atoms with Gasteiger partial charge in [-0.3, -0.25) is 4.79 Å². The van der Waals surface area contributed by atoms with E-state index in [1.54, 1.807) is 0 Å². The average Bonchev–Trinajstić information content (AvgIpc) is 3.22. The first-order chi connectivity index (χ1) is 15.2. The predicted molar refractivity (Wildman–Crippen MR) is 128 cm³/mol. The molecule has 0 fully saturated rings. The molecule has 0 unspecified atom stereocenters. The van der Waals surface area contributed by atoms with E-state index < -0.39 is 0 Å². The molecule has 3 aromatic carbocycles. The topological polar surface area (TPSA) is 44.9 Å². The molecule has 0 bridgehead atoms. The lowest BCUT2D eigenvalue weighted by Gasteiger charge is -2.18. The van der Waals surface area contributed by atoms with Gasteiger partial charge in [0.1, 0.15) is 0 Å². The highest BCUT2D eigenvalue weighted by Crippen LogP contribution is 2.34. The van der Waals surface area contributed by atoms with Crippen LogP contribution in [0.3, 0.4) is 0 Å². The van der Waals surface area contributed by atoms with Crippen LogP contribution in [0.25, 0.3) is 10.9 Å². The third-order valence-electron chi connectivity index (χ3n) is 6.00. The number of aromatic nitrogens is 1. The number of benzene rings is 3. The van der Waals surface area contributed by atoms with Gasteiger partial charge in [0, 0.05) is 36.0 Å². The van der Waals surface area contributed by atoms with Crippen LogP contribution in [0, 0.1) is 6.92 Å². The summed E-state index contributed by atoms with van der Waals surface area (Å²) in [5.41, 5.74) is 7.30. The maximum atomic E-state index is 12.9. The van der Waals surface area contributed by atoms with Gasteiger partial charge in [-0.1, -0.05) is 85.3 Å². The number of carbonyl (C=O) groups is 1. The maximum Gasteiger partial charge on any atom is 0.220 e. The number of fused-ring (bicyclic) bond motifs is 1. The number of carbonyl (C=O) groups excluding carboxylic acids is 1. The van der Waals surface area contributed by atoms with E-state index in [0.29, 0.717) is 13.0 Å². The molecule has 0 aliphatic carbocycles. The summed E-state index contributed by atoms with van der Waals surface area (Å²) in [6.07, 6.45) is 4.34. The molecular formula is C28H30N2O. The van der Waals surface area contributed by atoms with Crippen LogP contribution in [0.4, 0.5) is 0 Å². The summed E-state index contributed by atoms with van der Waals surface area (Å²) in [6, 6.07) is 25.2. The summed E-state index contributed by atoms with van der Waals surface area (Å²) in [7, 11) is 0. The highest BCUT2D eigenvalue weighted by molar-refractivity contribution is 5.88. The smallest absolute Gasteiger partial charge is 0.220 e. The molecule has 2 N–H and O–H groups in total. The number of H-pyrrole nitrogens is 1. The standard InChI is InChI=1S/C28H30N2O/c1-3-22-12-8-14-24-26(19-30-28(22)24)25(23-13-7-9-20(2)17-23)18-27(31)29-16-15-21-10-5-4-6-11-21/h4-14,17,19,25,30H,3,15-16,18H2,1-2H3,(H,29,31)/t25-/m0/s1. The normalized spacial score (nSPS) is 12.1. The Balaban J connectivity index is 1.58. The summed E-state index contributed by atoms with van der Waals surface area (Å²) in [5.74, 6) is 0.0981. The maximum absolute atomic E-state index is 12.9. The minimum absolute atomic E-state index is 0.0116. The Hall–Kier alpha value is -3.33. The van der Waals surface area contributed by atoms with Gasteiger partial charge < -0.3 is 10.3 Å². The molecule has 0 spiro atoms. The number of aryl methyl sites for hydroxylation is 2. The highest BCUT2D eigenvalue weighted by Gasteiger charge is 2.22. The fourth-order valence-corrected chi connectivity index (χ4v) is 4.36. The summed E-state index contributed by atoms with van der Waals surface area (Å²) in [4.78, 5) is 16.4. The van der Waals surface area contributed by atoms with Crippen LogP contribution in [0.2, 0.25) is 0 Å². The number of hydrogen-bond acceptors (Lipinski definition) is 1. The van der Waals surface area contributed by atoms with Crippen molar-refractivity contribution in [1.29, 1.82) is 0 Å². The minimum atomic E-state index is 0.0116. The zero-order chi connectivity index (χ0) is 21.6. The molecule has 1 amide bonds. The average molecular weight is 411 g/mol. The SMILES string of the molecule is CCc1cccc2c([C@@H](CC(=O)NCCc3ccccc3)c3cccc(C)c3)c[nH]c12. The van der Waals surface area contributed by atoms with E-state index >= 15 is 0 Å². The number of para-hydroxylation sites is 1. The van der Waals surface area contributed by atoms with Crippen LogP contribution in [0.1, 0.15) is 47.1 Å². The lowest BCUT2D eigenvalue weighted by molar-refractivity contribution is -0.121. The lowest BCUT2D eigenvalue weighted by atomic mass is 9.87. The molecule has 158 valence electrons. The predicted octanol–water partition coefficient (Wildman–Crippen LogP) is 5.92. The second-order valence-electron chi connectivity index (χ2n) is 8.19. The van der Waals surface area contributed by atoms with E-state index in [-0.39, 0.29) is 11.8 Å². The van der Waals surface area contributed by atoms with E-state index in [1.165, 1.54) is 38.7 Å². The Morgan fingerprint density at radius 3 is 2.58 bits per heavy atom. The van der Waals surface area contributed by atoms with Gasteiger partial charge in [0.25, 0.3) is 0 Å². The summed E-state index contributed by atoms with van der Waals surface area (Å²) in [6.45, 7) is 4.93. The van der Waals surface area contributed by atoms with Crippen molar-refractivity contribution >= 4 is 16.8 Å². The Kier molecular flexibility index (Phi) is 6.51. The van der Waals surface area contributed by atoms with E-state index in [0.717, 1.165) is 12.8 Å². The van der Waals surface area contributed by atoms with Crippen molar-refractivity contribution in [2.75, 3.05) is 6.54 Å². The van der Waals surface area contributed by atoms with Gasteiger partial charge in [-0.15, -0.1) is 0 Å². The van der Waals surface area contributed by atoms with Crippen LogP contribution in [0.15, 0.2) is 79.0 Å². The van der Waals surface area contributed by atoms with Crippen molar-refractivity contribution in [2.45, 2.75) is 39.0 Å². The van der Waals surface area contributed by atoms with Crippen molar-refractivity contribution in [1.82, 2.24) is 10.3 Å². The lowest BCUT2D eigenvalue weighted by Crippen LogP contribution is -2.27. The quantitative estimate of drug-likeness (QED) is 0.372. The molecule has 31 heavy (non-hydrogen) atoms. The molecule has 1 aromatic heterocycles. The molecule has 0 aliphatic heterocycles. The second kappa shape index (κ2) is 9.65. The Morgan fingerprint density at radius 2 is 1.81 bits per heavy atom. The molecule has 0 saturated heterocycles. The van der Waals surface area contributed by atoms with E-state index in [4.69, 9.17) is 0 Å². The molecule has 1 atom stereocenters. The zero-order valence-electron chi connectivity index (χ0n) is 18.3. The molecule has 4 rings (SSSR count). The van der Waals surface area contributed by atoms with Gasteiger partial charge in [0.05, 0.1) is 0 Å². The second-order valence-corrected chi connectivity index (χ2v) is 8.19. The molecular weight excluding hydrogens is 380 g/mol. The van der Waals surface area contributed by atoms with Crippen LogP contribution in [-0.2, 0) is 17.6 Å². The fraction of sp³-hybridized carbons (Fsp3) is 0.250. The van der Waals surface area contributed by atoms with Gasteiger partial charge in [-0.25, -0.2) is 0 Å². The number of amides is 1. The summed E-state index contributed by atoms with van der Waals surface area (Å²) < 4.78 is 0. The summed E-state index contributed by atoms with van der Waals surface area (Å²) in [5, 5.41) is 4.34. The van der Waals surface area contributed by atoms with Gasteiger partial charge in [-0.2, -0.15) is 0 Å². The first-order valence-electron chi connectivity index (χ1n) is 11.1. The zero-order valence-corrected chi connectivity index (χ0v) is 18.3. The first-order valence-corrected chi connectivity index (χ1v) is 11.1. The largest absolute Gasteiger partial charge is 0.361 e. The first kappa shape index (κ1) is 20.9. The number of nitrogens with one attached hydrogen (secondary N) is 2. The molecule has 3 nitrogen and oxygen atoms in total.